The van der Waals surface area contributed by atoms with Gasteiger partial charge in [-0.25, -0.2) is 0 Å². The van der Waals surface area contributed by atoms with Crippen molar-refractivity contribution in [3.8, 4) is 0 Å². The molecule has 1 amide bonds. The van der Waals surface area contributed by atoms with Crippen LogP contribution >= 0.6 is 0 Å². The minimum atomic E-state index is -0.0695. The summed E-state index contributed by atoms with van der Waals surface area (Å²) in [5.41, 5.74) is 5.71. The molecule has 0 aromatic carbocycles. The summed E-state index contributed by atoms with van der Waals surface area (Å²) in [7, 11) is 0. The second kappa shape index (κ2) is 5.51. The van der Waals surface area contributed by atoms with Crippen molar-refractivity contribution in [2.45, 2.75) is 12.5 Å². The van der Waals surface area contributed by atoms with Gasteiger partial charge in [0.25, 0.3) is 0 Å². The highest BCUT2D eigenvalue weighted by Crippen LogP contribution is 2.18. The molecule has 1 aliphatic rings. The Kier molecular flexibility index (Phi) is 4.31. The third kappa shape index (κ3) is 3.06. The molecule has 2 N–H and O–H groups in total. The predicted molar refractivity (Wildman–Crippen MR) is 62.2 cm³/mol. The van der Waals surface area contributed by atoms with E-state index in [9.17, 15) is 4.79 Å². The van der Waals surface area contributed by atoms with Crippen molar-refractivity contribution in [2.75, 3.05) is 13.1 Å². The van der Waals surface area contributed by atoms with Gasteiger partial charge in [-0.3, -0.25) is 4.79 Å². The van der Waals surface area contributed by atoms with Gasteiger partial charge in [0.1, 0.15) is 0 Å². The predicted octanol–water partition coefficient (Wildman–Crippen LogP) is 1.09. The smallest absolute Gasteiger partial charge is 0.230 e. The van der Waals surface area contributed by atoms with Crippen LogP contribution in [0, 0.1) is 5.92 Å². The van der Waals surface area contributed by atoms with Crippen molar-refractivity contribution in [3.63, 3.8) is 0 Å². The van der Waals surface area contributed by atoms with Crippen LogP contribution in [0.5, 0.6) is 0 Å². The first-order chi connectivity index (χ1) is 7.19. The fourth-order valence-corrected chi connectivity index (χ4v) is 1.71. The maximum Gasteiger partial charge on any atom is 0.230 e. The molecule has 82 valence electrons. The van der Waals surface area contributed by atoms with E-state index in [0.29, 0.717) is 19.5 Å². The Morgan fingerprint density at radius 2 is 2.00 bits per heavy atom. The van der Waals surface area contributed by atoms with Crippen molar-refractivity contribution in [3.05, 3.63) is 37.5 Å². The molecule has 0 aromatic heterocycles. The summed E-state index contributed by atoms with van der Waals surface area (Å²) in [6, 6.07) is 0.0215. The van der Waals surface area contributed by atoms with Crippen LogP contribution in [-0.2, 0) is 4.79 Å². The van der Waals surface area contributed by atoms with Crippen LogP contribution in [0.3, 0.4) is 0 Å². The molecule has 0 saturated carbocycles. The van der Waals surface area contributed by atoms with Gasteiger partial charge in [0.15, 0.2) is 0 Å². The number of carbonyl (C=O) groups is 1. The third-order valence-electron chi connectivity index (χ3n) is 2.44. The Hall–Kier alpha value is -1.35. The molecule has 0 heterocycles. The second-order valence-electron chi connectivity index (χ2n) is 3.71. The highest BCUT2D eigenvalue weighted by atomic mass is 16.2. The SMILES string of the molecule is C=CCN(CC=C)C(=O)C1C=CC(N)C1. The molecule has 3 heteroatoms. The average molecular weight is 206 g/mol. The average Bonchev–Trinajstić information content (AvgIpc) is 2.63. The van der Waals surface area contributed by atoms with Gasteiger partial charge in [-0.2, -0.15) is 0 Å². The molecule has 2 unspecified atom stereocenters. The van der Waals surface area contributed by atoms with Crippen molar-refractivity contribution >= 4 is 5.91 Å². The highest BCUT2D eigenvalue weighted by Gasteiger charge is 2.25. The number of carbonyl (C=O) groups excluding carboxylic acids is 1. The molecule has 3 nitrogen and oxygen atoms in total. The van der Waals surface area contributed by atoms with Crippen LogP contribution in [0.1, 0.15) is 6.42 Å². The summed E-state index contributed by atoms with van der Waals surface area (Å²) in [6.07, 6.45) is 7.94. The Balaban J connectivity index is 2.59. The highest BCUT2D eigenvalue weighted by molar-refractivity contribution is 5.81. The minimum Gasteiger partial charge on any atom is -0.335 e. The molecule has 0 aromatic rings. The summed E-state index contributed by atoms with van der Waals surface area (Å²) in [5.74, 6) is 0.0406. The van der Waals surface area contributed by atoms with E-state index in [1.807, 2.05) is 12.2 Å². The summed E-state index contributed by atoms with van der Waals surface area (Å²) in [5, 5.41) is 0. The number of nitrogens with two attached hydrogens (primary N) is 1. The van der Waals surface area contributed by atoms with Gasteiger partial charge in [0.2, 0.25) is 5.91 Å². The zero-order valence-electron chi connectivity index (χ0n) is 8.93. The van der Waals surface area contributed by atoms with Crippen molar-refractivity contribution in [1.29, 1.82) is 0 Å². The number of hydrogen-bond donors (Lipinski definition) is 1. The molecule has 0 spiro atoms. The second-order valence-corrected chi connectivity index (χ2v) is 3.71. The van der Waals surface area contributed by atoms with E-state index in [-0.39, 0.29) is 17.9 Å². The van der Waals surface area contributed by atoms with Gasteiger partial charge in [-0.1, -0.05) is 24.3 Å². The molecular formula is C12H18N2O. The van der Waals surface area contributed by atoms with E-state index in [0.717, 1.165) is 0 Å². The van der Waals surface area contributed by atoms with Gasteiger partial charge in [-0.15, -0.1) is 13.2 Å². The number of rotatable bonds is 5. The fourth-order valence-electron chi connectivity index (χ4n) is 1.71. The normalized spacial score (nSPS) is 23.8. The van der Waals surface area contributed by atoms with Gasteiger partial charge in [0, 0.05) is 19.1 Å². The molecule has 1 rings (SSSR count). The number of nitrogens with zero attached hydrogens (tertiary/aromatic N) is 1. The van der Waals surface area contributed by atoms with E-state index < -0.39 is 0 Å². The van der Waals surface area contributed by atoms with Gasteiger partial charge < -0.3 is 10.6 Å². The van der Waals surface area contributed by atoms with Crippen molar-refractivity contribution in [2.24, 2.45) is 11.7 Å². The summed E-state index contributed by atoms with van der Waals surface area (Å²) >= 11 is 0. The first kappa shape index (κ1) is 11.7. The molecule has 0 bridgehead atoms. The summed E-state index contributed by atoms with van der Waals surface area (Å²) in [4.78, 5) is 13.7. The maximum absolute atomic E-state index is 12.0. The van der Waals surface area contributed by atoms with Gasteiger partial charge in [-0.05, 0) is 6.42 Å². The van der Waals surface area contributed by atoms with E-state index in [1.54, 1.807) is 17.1 Å². The summed E-state index contributed by atoms with van der Waals surface area (Å²) in [6.45, 7) is 8.39. The minimum absolute atomic E-state index is 0.0215. The first-order valence-electron chi connectivity index (χ1n) is 5.13. The van der Waals surface area contributed by atoms with Crippen molar-refractivity contribution in [1.82, 2.24) is 4.90 Å². The molecule has 1 aliphatic carbocycles. The van der Waals surface area contributed by atoms with E-state index >= 15 is 0 Å². The molecule has 0 fully saturated rings. The lowest BCUT2D eigenvalue weighted by Crippen LogP contribution is -2.36. The Labute approximate surface area is 90.9 Å². The van der Waals surface area contributed by atoms with Crippen LogP contribution in [0.4, 0.5) is 0 Å². The number of hydrogen-bond acceptors (Lipinski definition) is 2. The van der Waals surface area contributed by atoms with Crippen LogP contribution in [0.15, 0.2) is 37.5 Å². The fraction of sp³-hybridized carbons (Fsp3) is 0.417. The molecule has 0 aliphatic heterocycles. The van der Waals surface area contributed by atoms with Crippen LogP contribution in [0.25, 0.3) is 0 Å². The largest absolute Gasteiger partial charge is 0.335 e. The van der Waals surface area contributed by atoms with E-state index in [1.165, 1.54) is 0 Å². The Morgan fingerprint density at radius 1 is 1.40 bits per heavy atom. The van der Waals surface area contributed by atoms with Crippen LogP contribution in [-0.4, -0.2) is 29.9 Å². The molecule has 0 saturated heterocycles. The van der Waals surface area contributed by atoms with Gasteiger partial charge in [0.05, 0.1) is 5.92 Å². The maximum atomic E-state index is 12.0. The van der Waals surface area contributed by atoms with E-state index in [2.05, 4.69) is 13.2 Å². The first-order valence-corrected chi connectivity index (χ1v) is 5.13. The Morgan fingerprint density at radius 3 is 2.40 bits per heavy atom. The van der Waals surface area contributed by atoms with Gasteiger partial charge >= 0.3 is 0 Å². The Bertz CT molecular complexity index is 273. The lowest BCUT2D eigenvalue weighted by molar-refractivity contribution is -0.133. The summed E-state index contributed by atoms with van der Waals surface area (Å²) < 4.78 is 0. The zero-order valence-corrected chi connectivity index (χ0v) is 8.93. The monoisotopic (exact) mass is 206 g/mol. The third-order valence-corrected chi connectivity index (χ3v) is 2.44. The lowest BCUT2D eigenvalue weighted by Gasteiger charge is -2.22. The molecule has 0 radical (unpaired) electrons. The van der Waals surface area contributed by atoms with Crippen molar-refractivity contribution < 1.29 is 4.79 Å². The lowest BCUT2D eigenvalue weighted by atomic mass is 10.1. The number of amides is 1. The molecule has 2 atom stereocenters. The van der Waals surface area contributed by atoms with E-state index in [4.69, 9.17) is 5.73 Å². The topological polar surface area (TPSA) is 46.3 Å². The zero-order chi connectivity index (χ0) is 11.3. The molecule has 15 heavy (non-hydrogen) atoms. The van der Waals surface area contributed by atoms with Crippen LogP contribution in [0.2, 0.25) is 0 Å². The molecular weight excluding hydrogens is 188 g/mol. The van der Waals surface area contributed by atoms with Crippen LogP contribution < -0.4 is 5.73 Å². The standard InChI is InChI=1S/C12H18N2O/c1-3-7-14(8-4-2)12(15)10-5-6-11(13)9-10/h3-6,10-11H,1-2,7-9,13H2. The quantitative estimate of drug-likeness (QED) is 0.684.